The van der Waals surface area contributed by atoms with Gasteiger partial charge in [0.2, 0.25) is 0 Å². The molecule has 0 saturated carbocycles. The van der Waals surface area contributed by atoms with Crippen LogP contribution in [-0.4, -0.2) is 21.1 Å². The monoisotopic (exact) mass is 582 g/mol. The van der Waals surface area contributed by atoms with E-state index in [1.54, 1.807) is 0 Å². The summed E-state index contributed by atoms with van der Waals surface area (Å²) < 4.78 is 5.04. The van der Waals surface area contributed by atoms with Crippen LogP contribution in [0, 0.1) is 37.3 Å². The van der Waals surface area contributed by atoms with Crippen molar-refractivity contribution in [3.8, 4) is 23.5 Å². The molecule has 45 heavy (non-hydrogen) atoms. The van der Waals surface area contributed by atoms with Crippen molar-refractivity contribution >= 4 is 39.2 Å². The number of benzene rings is 4. The molecule has 4 aromatic carbocycles. The van der Waals surface area contributed by atoms with Gasteiger partial charge >= 0.3 is 6.42 Å². The van der Waals surface area contributed by atoms with E-state index in [0.717, 1.165) is 24.0 Å². The van der Waals surface area contributed by atoms with Crippen LogP contribution < -0.4 is 0 Å². The van der Waals surface area contributed by atoms with E-state index in [0.29, 0.717) is 0 Å². The smallest absolute Gasteiger partial charge is 0.435 e. The first kappa shape index (κ1) is 28.8. The average molecular weight is 583 g/mol. The lowest BCUT2D eigenvalue weighted by molar-refractivity contribution is -0.330. The van der Waals surface area contributed by atoms with E-state index in [2.05, 4.69) is 166 Å². The molecule has 0 bridgehead atoms. The van der Waals surface area contributed by atoms with Crippen molar-refractivity contribution in [2.75, 3.05) is 0 Å². The fraction of sp³-hybridized carbons (Fsp3) is 0.214. The van der Waals surface area contributed by atoms with Gasteiger partial charge in [0.05, 0.1) is 0 Å². The van der Waals surface area contributed by atoms with Gasteiger partial charge in [-0.3, -0.25) is 0 Å². The van der Waals surface area contributed by atoms with Gasteiger partial charge in [-0.1, -0.05) is 74.5 Å². The molecule has 0 saturated heterocycles. The molecular weight excluding hydrogens is 543 g/mol. The van der Waals surface area contributed by atoms with Crippen LogP contribution in [0.15, 0.2) is 102 Å². The molecule has 0 N–H and O–H groups in total. The molecule has 0 atom stereocenters. The zero-order chi connectivity index (χ0) is 31.5. The Bertz CT molecular complexity index is 2200. The highest BCUT2D eigenvalue weighted by molar-refractivity contribution is 6.87. The largest absolute Gasteiger partial charge is 0.520 e. The molecule has 0 unspecified atom stereocenters. The van der Waals surface area contributed by atoms with E-state index < -0.39 is 6.42 Å². The molecule has 5 aromatic rings. The lowest BCUT2D eigenvalue weighted by Gasteiger charge is -2.38. The Morgan fingerprint density at radius 3 is 1.69 bits per heavy atom. The molecule has 0 aliphatic carbocycles. The summed E-state index contributed by atoms with van der Waals surface area (Å²) in [6.07, 6.45) is 0.0255. The van der Waals surface area contributed by atoms with Crippen LogP contribution in [0.25, 0.3) is 27.1 Å². The first-order chi connectivity index (χ1) is 21.8. The number of rotatable bonds is 2. The van der Waals surface area contributed by atoms with Gasteiger partial charge in [-0.15, -0.1) is 11.8 Å². The lowest BCUT2D eigenvalue weighted by atomic mass is 9.45. The highest BCUT2D eigenvalue weighted by Gasteiger charge is 2.51. The standard InChI is InChI=1S/C42H39BN2/c1-8-39-28(3)41-30(5)42-29(4)40(9-2)32(7)45(42)43(44(41)31(39)6,24-22-33-18-20-35-14-10-12-16-37(35)26-33)25-23-34-19-21-36-15-11-13-17-38(36)27-34/h10-21,26-27H,8-9H2,1-7H3. The zero-order valence-electron chi connectivity index (χ0n) is 27.5. The second-order valence-electron chi connectivity index (χ2n) is 12.6. The Kier molecular flexibility index (Phi) is 6.95. The van der Waals surface area contributed by atoms with Crippen LogP contribution in [0.1, 0.15) is 74.7 Å². The molecule has 0 spiro atoms. The molecule has 3 heteroatoms. The summed E-state index contributed by atoms with van der Waals surface area (Å²) in [5.41, 5.74) is 13.9. The predicted octanol–water partition coefficient (Wildman–Crippen LogP) is 9.40. The summed E-state index contributed by atoms with van der Waals surface area (Å²) in [6.45, 7) is 15.9. The van der Waals surface area contributed by atoms with Gasteiger partial charge in [0, 0.05) is 40.5 Å². The average Bonchev–Trinajstić information content (AvgIpc) is 3.48. The Morgan fingerprint density at radius 2 is 1.18 bits per heavy atom. The maximum Gasteiger partial charge on any atom is 0.520 e. The summed E-state index contributed by atoms with van der Waals surface area (Å²) >= 11 is 0. The van der Waals surface area contributed by atoms with Crippen molar-refractivity contribution < 1.29 is 4.49 Å². The first-order valence-electron chi connectivity index (χ1n) is 16.2. The Labute approximate surface area is 267 Å². The van der Waals surface area contributed by atoms with E-state index in [9.17, 15) is 0 Å². The summed E-state index contributed by atoms with van der Waals surface area (Å²) in [5.74, 6) is 15.2. The van der Waals surface area contributed by atoms with Crippen LogP contribution in [0.5, 0.6) is 0 Å². The van der Waals surface area contributed by atoms with Gasteiger partial charge in [-0.2, -0.15) is 11.6 Å². The molecule has 3 heterocycles. The second-order valence-corrected chi connectivity index (χ2v) is 12.6. The normalized spacial score (nSPS) is 15.2. The molecule has 2 aliphatic rings. The van der Waals surface area contributed by atoms with Crippen molar-refractivity contribution in [1.29, 1.82) is 0 Å². The summed E-state index contributed by atoms with van der Waals surface area (Å²) in [6, 6.07) is 30.1. The highest BCUT2D eigenvalue weighted by Crippen LogP contribution is 2.43. The fourth-order valence-corrected chi connectivity index (χ4v) is 8.14. The Morgan fingerprint density at radius 1 is 0.644 bits per heavy atom. The third-order valence-electron chi connectivity index (χ3n) is 10.2. The van der Waals surface area contributed by atoms with E-state index in [-0.39, 0.29) is 0 Å². The van der Waals surface area contributed by atoms with Gasteiger partial charge in [-0.05, 0) is 103 Å². The van der Waals surface area contributed by atoms with E-state index in [4.69, 9.17) is 0 Å². The zero-order valence-corrected chi connectivity index (χ0v) is 27.5. The summed E-state index contributed by atoms with van der Waals surface area (Å²) in [7, 11) is 0. The maximum atomic E-state index is 3.92. The second kappa shape index (κ2) is 10.9. The van der Waals surface area contributed by atoms with Crippen LogP contribution >= 0.6 is 0 Å². The number of hydrogen-bond acceptors (Lipinski definition) is 0. The third kappa shape index (κ3) is 4.34. The Hall–Kier alpha value is -4.99. The number of aromatic nitrogens is 1. The summed E-state index contributed by atoms with van der Waals surface area (Å²) in [5, 5.41) is 4.84. The minimum atomic E-state index is -1.92. The fourth-order valence-electron chi connectivity index (χ4n) is 8.14. The van der Waals surface area contributed by atoms with Crippen molar-refractivity contribution in [3.63, 3.8) is 0 Å². The molecule has 0 radical (unpaired) electrons. The quantitative estimate of drug-likeness (QED) is 0.145. The Balaban J connectivity index is 1.58. The minimum Gasteiger partial charge on any atom is -0.435 e. The van der Waals surface area contributed by atoms with Gasteiger partial charge in [0.25, 0.3) is 0 Å². The number of allylic oxidation sites excluding steroid dienone is 3. The van der Waals surface area contributed by atoms with Gasteiger partial charge in [-0.25, -0.2) is 0 Å². The van der Waals surface area contributed by atoms with Gasteiger partial charge < -0.3 is 8.96 Å². The first-order valence-corrected chi connectivity index (χ1v) is 16.2. The summed E-state index contributed by atoms with van der Waals surface area (Å²) in [4.78, 5) is 0. The van der Waals surface area contributed by atoms with Crippen LogP contribution in [0.3, 0.4) is 0 Å². The molecule has 220 valence electrons. The van der Waals surface area contributed by atoms with Crippen LogP contribution in [-0.2, 0) is 6.42 Å². The topological polar surface area (TPSA) is 7.94 Å². The number of nitrogens with zero attached hydrogens (tertiary/aromatic N) is 2. The molecule has 1 aromatic heterocycles. The predicted molar refractivity (Wildman–Crippen MR) is 193 cm³/mol. The molecule has 2 nitrogen and oxygen atoms in total. The van der Waals surface area contributed by atoms with Crippen LogP contribution in [0.4, 0.5) is 0 Å². The number of fused-ring (bicyclic) bond motifs is 4. The van der Waals surface area contributed by atoms with Gasteiger partial charge in [0.15, 0.2) is 5.70 Å². The van der Waals surface area contributed by atoms with Crippen molar-refractivity contribution in [3.05, 3.63) is 135 Å². The molecule has 0 fully saturated rings. The van der Waals surface area contributed by atoms with E-state index in [1.807, 2.05) is 0 Å². The highest BCUT2D eigenvalue weighted by atomic mass is 15.2. The van der Waals surface area contributed by atoms with Crippen molar-refractivity contribution in [1.82, 2.24) is 4.48 Å². The van der Waals surface area contributed by atoms with Gasteiger partial charge in [0.1, 0.15) is 5.71 Å². The van der Waals surface area contributed by atoms with E-state index in [1.165, 1.54) is 72.2 Å². The lowest BCUT2D eigenvalue weighted by Crippen LogP contribution is -2.57. The molecular formula is C42H39BN2. The maximum absolute atomic E-state index is 3.92. The molecule has 2 aliphatic heterocycles. The molecule has 0 amide bonds. The molecule has 7 rings (SSSR count). The van der Waals surface area contributed by atoms with Crippen molar-refractivity contribution in [2.45, 2.75) is 61.3 Å². The number of hydrogen-bond donors (Lipinski definition) is 0. The minimum absolute atomic E-state index is 0.973. The third-order valence-corrected chi connectivity index (χ3v) is 10.2. The SMILES string of the molecule is CCC1=C(C)C2=C(C)c3c(C)c(CC)c(C)n3[B-](C#Cc3ccc4ccccc4c3)(C#Cc3ccc4ccccc4c3)[N+]2=C1C. The van der Waals surface area contributed by atoms with Crippen LogP contribution in [0.2, 0.25) is 0 Å². The van der Waals surface area contributed by atoms with E-state index >= 15 is 0 Å². The van der Waals surface area contributed by atoms with Crippen molar-refractivity contribution in [2.24, 2.45) is 0 Å².